The molecule has 2 N–H and O–H groups in total. The number of unbranched alkanes of at least 4 members (excludes halogenated alkanes) is 3. The minimum Gasteiger partial charge on any atom is -0.378 e. The number of azo groups is 1. The van der Waals surface area contributed by atoms with E-state index in [1.807, 2.05) is 50.2 Å². The smallest absolute Gasteiger partial charge is 0.251 e. The lowest BCUT2D eigenvalue weighted by Crippen LogP contribution is -2.24. The molecular weight excluding hydrogens is 402 g/mol. The van der Waals surface area contributed by atoms with E-state index < -0.39 is 0 Å². The van der Waals surface area contributed by atoms with Gasteiger partial charge in [-0.15, -0.1) is 0 Å². The van der Waals surface area contributed by atoms with Gasteiger partial charge in [0.15, 0.2) is 0 Å². The second-order valence-electron chi connectivity index (χ2n) is 7.62. The molecule has 0 heterocycles. The number of benzene rings is 2. The molecule has 32 heavy (non-hydrogen) atoms. The molecule has 0 aliphatic heterocycles. The number of carbonyl (C=O) groups excluding carboxylic acids is 2. The fraction of sp³-hybridized carbons (Fsp3) is 0.360. The van der Waals surface area contributed by atoms with Gasteiger partial charge in [0.1, 0.15) is 0 Å². The summed E-state index contributed by atoms with van der Waals surface area (Å²) in [5.74, 6) is -0.141. The zero-order chi connectivity index (χ0) is 23.2. The summed E-state index contributed by atoms with van der Waals surface area (Å²) >= 11 is 0. The van der Waals surface area contributed by atoms with Gasteiger partial charge >= 0.3 is 0 Å². The average molecular weight is 436 g/mol. The first-order valence-corrected chi connectivity index (χ1v) is 11.0. The van der Waals surface area contributed by atoms with Gasteiger partial charge in [0.05, 0.1) is 11.4 Å². The quantitative estimate of drug-likeness (QED) is 0.275. The molecule has 7 nitrogen and oxygen atoms in total. The van der Waals surface area contributed by atoms with E-state index in [2.05, 4.69) is 20.9 Å². The molecule has 0 radical (unpaired) electrons. The van der Waals surface area contributed by atoms with E-state index in [9.17, 15) is 9.59 Å². The normalized spacial score (nSPS) is 11.1. The largest absolute Gasteiger partial charge is 0.378 e. The molecule has 2 rings (SSSR count). The van der Waals surface area contributed by atoms with Gasteiger partial charge in [0.2, 0.25) is 5.91 Å². The van der Waals surface area contributed by atoms with Crippen LogP contribution in [0.2, 0.25) is 0 Å². The van der Waals surface area contributed by atoms with Crippen molar-refractivity contribution in [1.29, 1.82) is 0 Å². The van der Waals surface area contributed by atoms with E-state index >= 15 is 0 Å². The molecule has 2 aromatic carbocycles. The number of nitrogens with one attached hydrogen (secondary N) is 2. The lowest BCUT2D eigenvalue weighted by molar-refractivity contribution is -0.116. The Balaban J connectivity index is 1.66. The number of anilines is 1. The number of amides is 2. The first kappa shape index (κ1) is 24.8. The van der Waals surface area contributed by atoms with Crippen molar-refractivity contribution < 1.29 is 9.59 Å². The number of hydrogen-bond donors (Lipinski definition) is 2. The van der Waals surface area contributed by atoms with Crippen LogP contribution in [-0.4, -0.2) is 39.0 Å². The topological polar surface area (TPSA) is 86.2 Å². The van der Waals surface area contributed by atoms with Crippen molar-refractivity contribution >= 4 is 28.9 Å². The summed E-state index contributed by atoms with van der Waals surface area (Å²) in [5, 5.41) is 14.2. The molecule has 0 saturated heterocycles. The fourth-order valence-electron chi connectivity index (χ4n) is 2.94. The average Bonchev–Trinajstić information content (AvgIpc) is 2.80. The maximum absolute atomic E-state index is 12.3. The van der Waals surface area contributed by atoms with Crippen molar-refractivity contribution in [2.75, 3.05) is 32.1 Å². The maximum atomic E-state index is 12.3. The predicted octanol–water partition coefficient (Wildman–Crippen LogP) is 5.15. The van der Waals surface area contributed by atoms with E-state index in [1.165, 1.54) is 6.08 Å². The van der Waals surface area contributed by atoms with Gasteiger partial charge in [-0.1, -0.05) is 18.9 Å². The number of allylic oxidation sites excluding steroid dienone is 1. The first-order chi connectivity index (χ1) is 15.5. The molecule has 0 unspecified atom stereocenters. The van der Waals surface area contributed by atoms with E-state index in [4.69, 9.17) is 0 Å². The third kappa shape index (κ3) is 9.12. The Labute approximate surface area is 190 Å². The predicted molar refractivity (Wildman–Crippen MR) is 130 cm³/mol. The highest BCUT2D eigenvalue weighted by Crippen LogP contribution is 2.21. The number of nitrogens with zero attached hydrogens (tertiary/aromatic N) is 3. The Bertz CT molecular complexity index is 903. The summed E-state index contributed by atoms with van der Waals surface area (Å²) < 4.78 is 0. The molecule has 170 valence electrons. The summed E-state index contributed by atoms with van der Waals surface area (Å²) in [6, 6.07) is 14.9. The first-order valence-electron chi connectivity index (χ1n) is 11.0. The Morgan fingerprint density at radius 1 is 0.812 bits per heavy atom. The zero-order valence-electron chi connectivity index (χ0n) is 19.2. The van der Waals surface area contributed by atoms with Crippen LogP contribution in [0, 0.1) is 0 Å². The van der Waals surface area contributed by atoms with Gasteiger partial charge in [0.25, 0.3) is 5.91 Å². The van der Waals surface area contributed by atoms with Crippen molar-refractivity contribution in [2.45, 2.75) is 32.6 Å². The van der Waals surface area contributed by atoms with Crippen LogP contribution in [-0.2, 0) is 4.79 Å². The number of carbonyl (C=O) groups is 2. The van der Waals surface area contributed by atoms with Gasteiger partial charge < -0.3 is 15.5 Å². The highest BCUT2D eigenvalue weighted by Gasteiger charge is 2.04. The third-order valence-electron chi connectivity index (χ3n) is 4.78. The van der Waals surface area contributed by atoms with E-state index in [-0.39, 0.29) is 11.8 Å². The summed E-state index contributed by atoms with van der Waals surface area (Å²) in [6.45, 7) is 3.13. The van der Waals surface area contributed by atoms with Crippen molar-refractivity contribution in [3.05, 3.63) is 66.2 Å². The summed E-state index contributed by atoms with van der Waals surface area (Å²) in [4.78, 5) is 25.6. The second-order valence-corrected chi connectivity index (χ2v) is 7.62. The lowest BCUT2D eigenvalue weighted by atomic mass is 10.1. The van der Waals surface area contributed by atoms with Crippen LogP contribution in [0.25, 0.3) is 0 Å². The van der Waals surface area contributed by atoms with Gasteiger partial charge in [-0.05, 0) is 74.4 Å². The van der Waals surface area contributed by atoms with Crippen LogP contribution in [0.5, 0.6) is 0 Å². The molecule has 0 spiro atoms. The Morgan fingerprint density at radius 2 is 1.34 bits per heavy atom. The second kappa shape index (κ2) is 13.7. The molecule has 0 bridgehead atoms. The van der Waals surface area contributed by atoms with Gasteiger partial charge in [-0.2, -0.15) is 10.2 Å². The number of hydrogen-bond acceptors (Lipinski definition) is 5. The van der Waals surface area contributed by atoms with Crippen LogP contribution < -0.4 is 15.5 Å². The van der Waals surface area contributed by atoms with Crippen molar-refractivity contribution in [2.24, 2.45) is 10.2 Å². The van der Waals surface area contributed by atoms with Crippen molar-refractivity contribution in [3.8, 4) is 0 Å². The monoisotopic (exact) mass is 435 g/mol. The van der Waals surface area contributed by atoms with Crippen LogP contribution >= 0.6 is 0 Å². The van der Waals surface area contributed by atoms with Crippen molar-refractivity contribution in [3.63, 3.8) is 0 Å². The summed E-state index contributed by atoms with van der Waals surface area (Å²) in [6.07, 6.45) is 7.12. The summed E-state index contributed by atoms with van der Waals surface area (Å²) in [7, 11) is 3.98. The molecule has 0 aliphatic carbocycles. The van der Waals surface area contributed by atoms with Crippen LogP contribution in [0.1, 0.15) is 43.0 Å². The van der Waals surface area contributed by atoms with Gasteiger partial charge in [0, 0.05) is 38.4 Å². The molecule has 0 fully saturated rings. The lowest BCUT2D eigenvalue weighted by Gasteiger charge is -2.11. The molecule has 0 aromatic heterocycles. The van der Waals surface area contributed by atoms with E-state index in [1.54, 1.807) is 30.3 Å². The molecular formula is C25H33N5O2. The Kier molecular flexibility index (Phi) is 10.6. The van der Waals surface area contributed by atoms with Crippen LogP contribution in [0.3, 0.4) is 0 Å². The van der Waals surface area contributed by atoms with Gasteiger partial charge in [-0.3, -0.25) is 9.59 Å². The summed E-state index contributed by atoms with van der Waals surface area (Å²) in [5.41, 5.74) is 3.18. The molecule has 2 amide bonds. The highest BCUT2D eigenvalue weighted by atomic mass is 16.2. The molecule has 0 aliphatic rings. The number of rotatable bonds is 12. The van der Waals surface area contributed by atoms with Crippen LogP contribution in [0.15, 0.2) is 70.9 Å². The molecule has 2 aromatic rings. The zero-order valence-corrected chi connectivity index (χ0v) is 19.2. The van der Waals surface area contributed by atoms with Crippen molar-refractivity contribution in [1.82, 2.24) is 10.6 Å². The maximum Gasteiger partial charge on any atom is 0.251 e. The SMILES string of the molecule is C/C=C/C(=O)NCCCCCCNC(=O)c1ccc(N=Nc2ccc(N(C)C)cc2)cc1. The van der Waals surface area contributed by atoms with Crippen LogP contribution in [0.4, 0.5) is 17.1 Å². The Morgan fingerprint density at radius 3 is 1.88 bits per heavy atom. The Hall–Kier alpha value is -3.48. The molecule has 0 saturated carbocycles. The molecule has 7 heteroatoms. The minimum atomic E-state index is -0.0913. The fourth-order valence-corrected chi connectivity index (χ4v) is 2.94. The molecule has 0 atom stereocenters. The third-order valence-corrected chi connectivity index (χ3v) is 4.78. The van der Waals surface area contributed by atoms with E-state index in [0.717, 1.165) is 37.1 Å². The van der Waals surface area contributed by atoms with E-state index in [0.29, 0.717) is 24.3 Å². The standard InChI is InChI=1S/C25H33N5O2/c1-4-9-24(31)26-18-7-5-6-8-19-27-25(32)20-10-12-21(13-11-20)28-29-22-14-16-23(17-15-22)30(2)3/h4,9-17H,5-8,18-19H2,1-3H3,(H,26,31)(H,27,32)/b9-4+,29-28?. The van der Waals surface area contributed by atoms with Gasteiger partial charge in [-0.25, -0.2) is 0 Å². The highest BCUT2D eigenvalue weighted by molar-refractivity contribution is 5.94. The minimum absolute atomic E-state index is 0.0501.